The zero-order valence-electron chi connectivity index (χ0n) is 20.8. The van der Waals surface area contributed by atoms with Crippen molar-refractivity contribution in [3.8, 4) is 11.1 Å². The molecule has 1 heterocycles. The molecule has 186 valence electrons. The predicted octanol–water partition coefficient (Wildman–Crippen LogP) is 4.65. The van der Waals surface area contributed by atoms with E-state index in [4.69, 9.17) is 4.74 Å². The minimum absolute atomic E-state index is 0.0489. The zero-order chi connectivity index (χ0) is 25.4. The largest absolute Gasteiger partial charge is 0.481 e. The average molecular weight is 479 g/mol. The van der Waals surface area contributed by atoms with Crippen molar-refractivity contribution in [1.82, 2.24) is 10.2 Å². The van der Waals surface area contributed by atoms with Gasteiger partial charge in [-0.2, -0.15) is 0 Å². The first kappa shape index (κ1) is 24.8. The standard InChI is InChI=1S/C28H34N2O5/c1-27(2,25(33)30-15-9-10-18(16-30)24(31)32)28(3,4)29-26(34)35-17-23-21-13-7-5-11-19(21)20-12-6-8-14-22(20)23/h5-8,11-14,18,23H,9-10,15-17H2,1-4H3,(H,29,34)(H,31,32)/t18-/m1/s1. The van der Waals surface area contributed by atoms with Crippen LogP contribution in [-0.4, -0.2) is 53.2 Å². The maximum atomic E-state index is 13.4. The Bertz CT molecular complexity index is 1090. The van der Waals surface area contributed by atoms with Crippen LogP contribution in [0.2, 0.25) is 0 Å². The van der Waals surface area contributed by atoms with Gasteiger partial charge in [-0.3, -0.25) is 9.59 Å². The molecule has 1 aliphatic heterocycles. The Morgan fingerprint density at radius 2 is 1.57 bits per heavy atom. The number of carboxylic acids is 1. The Morgan fingerprint density at radius 1 is 1.00 bits per heavy atom. The SMILES string of the molecule is CC(C)(NC(=O)OCC1c2ccccc2-c2ccccc21)C(C)(C)C(=O)N1CCC[C@@H](C(=O)O)C1. The van der Waals surface area contributed by atoms with Crippen LogP contribution in [0, 0.1) is 11.3 Å². The van der Waals surface area contributed by atoms with Crippen LogP contribution in [0.5, 0.6) is 0 Å². The number of hydrogen-bond donors (Lipinski definition) is 2. The Balaban J connectivity index is 1.42. The summed E-state index contributed by atoms with van der Waals surface area (Å²) in [6, 6.07) is 16.3. The molecule has 0 unspecified atom stereocenters. The van der Waals surface area contributed by atoms with Crippen molar-refractivity contribution in [2.45, 2.75) is 52.0 Å². The Labute approximate surface area is 206 Å². The summed E-state index contributed by atoms with van der Waals surface area (Å²) in [5, 5.41) is 12.3. The first-order valence-corrected chi connectivity index (χ1v) is 12.2. The van der Waals surface area contributed by atoms with Gasteiger partial charge in [0.05, 0.1) is 16.9 Å². The van der Waals surface area contributed by atoms with E-state index in [1.54, 1.807) is 32.6 Å². The maximum absolute atomic E-state index is 13.4. The van der Waals surface area contributed by atoms with E-state index in [1.807, 2.05) is 24.3 Å². The maximum Gasteiger partial charge on any atom is 0.407 e. The van der Waals surface area contributed by atoms with E-state index in [1.165, 1.54) is 0 Å². The number of carboxylic acid groups (broad SMARTS) is 1. The summed E-state index contributed by atoms with van der Waals surface area (Å²) < 4.78 is 5.69. The third kappa shape index (κ3) is 4.64. The molecule has 1 saturated heterocycles. The van der Waals surface area contributed by atoms with Crippen molar-refractivity contribution in [2.24, 2.45) is 11.3 Å². The highest BCUT2D eigenvalue weighted by atomic mass is 16.5. The molecule has 7 heteroatoms. The molecule has 1 fully saturated rings. The van der Waals surface area contributed by atoms with E-state index in [0.717, 1.165) is 22.3 Å². The van der Waals surface area contributed by atoms with Crippen LogP contribution in [-0.2, 0) is 14.3 Å². The molecule has 2 aromatic rings. The summed E-state index contributed by atoms with van der Waals surface area (Å²) in [6.07, 6.45) is 0.639. The zero-order valence-corrected chi connectivity index (χ0v) is 20.8. The molecular formula is C28H34N2O5. The molecule has 2 aliphatic rings. The molecule has 2 amide bonds. The summed E-state index contributed by atoms with van der Waals surface area (Å²) >= 11 is 0. The highest BCUT2D eigenvalue weighted by molar-refractivity contribution is 5.85. The molecule has 35 heavy (non-hydrogen) atoms. The summed E-state index contributed by atoms with van der Waals surface area (Å²) in [6.45, 7) is 8.06. The Kier molecular flexibility index (Phi) is 6.62. The van der Waals surface area contributed by atoms with Crippen LogP contribution in [0.3, 0.4) is 0 Å². The normalized spacial score (nSPS) is 17.9. The third-order valence-corrected chi connectivity index (χ3v) is 7.91. The van der Waals surface area contributed by atoms with Crippen LogP contribution in [0.25, 0.3) is 11.1 Å². The molecule has 2 aromatic carbocycles. The fraction of sp³-hybridized carbons (Fsp3) is 0.464. The van der Waals surface area contributed by atoms with E-state index in [2.05, 4.69) is 29.6 Å². The number of alkyl carbamates (subject to hydrolysis) is 1. The number of nitrogens with one attached hydrogen (secondary N) is 1. The van der Waals surface area contributed by atoms with Gasteiger partial charge >= 0.3 is 12.1 Å². The smallest absolute Gasteiger partial charge is 0.407 e. The van der Waals surface area contributed by atoms with Crippen LogP contribution >= 0.6 is 0 Å². The highest BCUT2D eigenvalue weighted by Crippen LogP contribution is 2.44. The van der Waals surface area contributed by atoms with Gasteiger partial charge in [0.15, 0.2) is 0 Å². The summed E-state index contributed by atoms with van der Waals surface area (Å²) in [4.78, 5) is 39.3. The minimum atomic E-state index is -0.973. The number of aliphatic carboxylic acids is 1. The number of ether oxygens (including phenoxy) is 1. The first-order valence-electron chi connectivity index (χ1n) is 12.2. The second-order valence-electron chi connectivity index (χ2n) is 10.6. The fourth-order valence-corrected chi connectivity index (χ4v) is 5.07. The second kappa shape index (κ2) is 9.36. The molecule has 4 rings (SSSR count). The molecule has 0 aromatic heterocycles. The Morgan fingerprint density at radius 3 is 2.14 bits per heavy atom. The van der Waals surface area contributed by atoms with Crippen molar-refractivity contribution < 1.29 is 24.2 Å². The molecule has 0 bridgehead atoms. The number of likely N-dealkylation sites (tertiary alicyclic amines) is 1. The number of piperidine rings is 1. The van der Waals surface area contributed by atoms with Crippen molar-refractivity contribution >= 4 is 18.0 Å². The van der Waals surface area contributed by atoms with Gasteiger partial charge in [0, 0.05) is 19.0 Å². The number of benzene rings is 2. The van der Waals surface area contributed by atoms with Gasteiger partial charge in [-0.15, -0.1) is 0 Å². The van der Waals surface area contributed by atoms with E-state index < -0.39 is 28.9 Å². The molecule has 7 nitrogen and oxygen atoms in total. The molecule has 0 spiro atoms. The van der Waals surface area contributed by atoms with E-state index >= 15 is 0 Å². The highest BCUT2D eigenvalue weighted by Gasteiger charge is 2.47. The Hall–Kier alpha value is -3.35. The second-order valence-corrected chi connectivity index (χ2v) is 10.6. The summed E-state index contributed by atoms with van der Waals surface area (Å²) in [7, 11) is 0. The lowest BCUT2D eigenvalue weighted by molar-refractivity contribution is -0.150. The average Bonchev–Trinajstić information content (AvgIpc) is 3.15. The van der Waals surface area contributed by atoms with E-state index in [-0.39, 0.29) is 25.0 Å². The van der Waals surface area contributed by atoms with Gasteiger partial charge < -0.3 is 20.1 Å². The molecule has 0 radical (unpaired) electrons. The van der Waals surface area contributed by atoms with Crippen molar-refractivity contribution in [3.63, 3.8) is 0 Å². The lowest BCUT2D eigenvalue weighted by Crippen LogP contribution is -2.61. The number of fused-ring (bicyclic) bond motifs is 3. The number of hydrogen-bond acceptors (Lipinski definition) is 4. The van der Waals surface area contributed by atoms with Crippen LogP contribution < -0.4 is 5.32 Å². The van der Waals surface area contributed by atoms with Crippen molar-refractivity contribution in [2.75, 3.05) is 19.7 Å². The van der Waals surface area contributed by atoms with Crippen LogP contribution in [0.1, 0.15) is 57.6 Å². The predicted molar refractivity (Wildman–Crippen MR) is 133 cm³/mol. The minimum Gasteiger partial charge on any atom is -0.481 e. The quantitative estimate of drug-likeness (QED) is 0.630. The van der Waals surface area contributed by atoms with E-state index in [9.17, 15) is 19.5 Å². The number of rotatable bonds is 6. The van der Waals surface area contributed by atoms with Gasteiger partial charge in [0.25, 0.3) is 0 Å². The lowest BCUT2D eigenvalue weighted by Gasteiger charge is -2.44. The molecule has 1 atom stereocenters. The molecule has 1 aliphatic carbocycles. The van der Waals surface area contributed by atoms with Gasteiger partial charge in [-0.05, 0) is 62.8 Å². The number of nitrogens with zero attached hydrogens (tertiary/aromatic N) is 1. The summed E-state index contributed by atoms with van der Waals surface area (Å²) in [5.41, 5.74) is 2.68. The van der Waals surface area contributed by atoms with Crippen LogP contribution in [0.4, 0.5) is 4.79 Å². The third-order valence-electron chi connectivity index (χ3n) is 7.91. The first-order chi connectivity index (χ1) is 16.5. The van der Waals surface area contributed by atoms with Crippen molar-refractivity contribution in [3.05, 3.63) is 59.7 Å². The van der Waals surface area contributed by atoms with Gasteiger partial charge in [0.1, 0.15) is 6.61 Å². The molecule has 0 saturated carbocycles. The topological polar surface area (TPSA) is 95.9 Å². The van der Waals surface area contributed by atoms with Gasteiger partial charge in [0.2, 0.25) is 5.91 Å². The van der Waals surface area contributed by atoms with Gasteiger partial charge in [-0.1, -0.05) is 48.5 Å². The summed E-state index contributed by atoms with van der Waals surface area (Å²) in [5.74, 6) is -1.65. The monoisotopic (exact) mass is 478 g/mol. The number of amides is 2. The lowest BCUT2D eigenvalue weighted by atomic mass is 9.73. The van der Waals surface area contributed by atoms with E-state index in [0.29, 0.717) is 19.4 Å². The van der Waals surface area contributed by atoms with Gasteiger partial charge in [-0.25, -0.2) is 4.79 Å². The number of carbonyl (C=O) groups excluding carboxylic acids is 2. The molecular weight excluding hydrogens is 444 g/mol. The fourth-order valence-electron chi connectivity index (χ4n) is 5.07. The number of carbonyl (C=O) groups is 3. The molecule has 2 N–H and O–H groups in total. The van der Waals surface area contributed by atoms with Crippen LogP contribution in [0.15, 0.2) is 48.5 Å². The van der Waals surface area contributed by atoms with Crippen molar-refractivity contribution in [1.29, 1.82) is 0 Å².